The molecule has 3 aromatic heterocycles. The molecule has 1 aliphatic carbocycles. The van der Waals surface area contributed by atoms with Gasteiger partial charge in [0.05, 0.1) is 16.6 Å². The molecule has 0 amide bonds. The van der Waals surface area contributed by atoms with E-state index in [1.165, 1.54) is 11.1 Å². The fourth-order valence-corrected chi connectivity index (χ4v) is 4.95. The second-order valence-corrected chi connectivity index (χ2v) is 10.7. The molecule has 188 valence electrons. The van der Waals surface area contributed by atoms with Crippen molar-refractivity contribution in [2.24, 2.45) is 0 Å². The van der Waals surface area contributed by atoms with E-state index in [0.717, 1.165) is 18.5 Å². The molecule has 8 heteroatoms. The van der Waals surface area contributed by atoms with Crippen LogP contribution >= 0.6 is 0 Å². The number of aliphatic hydroxyl groups is 1. The third kappa shape index (κ3) is 4.31. The molecule has 1 unspecified atom stereocenters. The van der Waals surface area contributed by atoms with Crippen LogP contribution in [0.5, 0.6) is 0 Å². The summed E-state index contributed by atoms with van der Waals surface area (Å²) in [6, 6.07) is 14.3. The molecule has 1 atom stereocenters. The topological polar surface area (TPSA) is 88.2 Å². The molecule has 0 saturated carbocycles. The van der Waals surface area contributed by atoms with Gasteiger partial charge in [0, 0.05) is 30.0 Å². The summed E-state index contributed by atoms with van der Waals surface area (Å²) in [5, 5.41) is 14.5. The van der Waals surface area contributed by atoms with Gasteiger partial charge in [0.1, 0.15) is 11.4 Å². The second-order valence-electron chi connectivity index (χ2n) is 10.7. The first-order chi connectivity index (χ1) is 17.0. The van der Waals surface area contributed by atoms with Gasteiger partial charge in [-0.15, -0.1) is 0 Å². The van der Waals surface area contributed by atoms with Gasteiger partial charge < -0.3 is 15.3 Å². The minimum absolute atomic E-state index is 0.102. The number of nitrogens with one attached hydrogen (secondary N) is 1. The van der Waals surface area contributed by atoms with Gasteiger partial charge in [-0.3, -0.25) is 4.79 Å². The molecule has 0 saturated heterocycles. The third-order valence-electron chi connectivity index (χ3n) is 6.95. The quantitative estimate of drug-likeness (QED) is 0.425. The summed E-state index contributed by atoms with van der Waals surface area (Å²) in [6.45, 7) is 7.33. The zero-order chi connectivity index (χ0) is 25.8. The lowest BCUT2D eigenvalue weighted by atomic mass is 10.1. The van der Waals surface area contributed by atoms with Gasteiger partial charge in [0.15, 0.2) is 5.82 Å². The van der Waals surface area contributed by atoms with E-state index in [-0.39, 0.29) is 11.6 Å². The summed E-state index contributed by atoms with van der Waals surface area (Å²) < 4.78 is 3.51. The van der Waals surface area contributed by atoms with Crippen molar-refractivity contribution in [3.8, 4) is 5.82 Å². The lowest BCUT2D eigenvalue weighted by Gasteiger charge is -2.20. The van der Waals surface area contributed by atoms with Crippen molar-refractivity contribution < 1.29 is 5.11 Å². The maximum Gasteiger partial charge on any atom is 0.276 e. The first-order valence-corrected chi connectivity index (χ1v) is 12.4. The van der Waals surface area contributed by atoms with Crippen molar-refractivity contribution in [3.05, 3.63) is 75.8 Å². The van der Waals surface area contributed by atoms with Gasteiger partial charge in [0.2, 0.25) is 0 Å². The zero-order valence-corrected chi connectivity index (χ0v) is 21.8. The third-order valence-corrected chi connectivity index (χ3v) is 6.95. The maximum atomic E-state index is 13.3. The Hall–Kier alpha value is -3.49. The smallest absolute Gasteiger partial charge is 0.276 e. The van der Waals surface area contributed by atoms with Crippen LogP contribution in [0.25, 0.3) is 16.7 Å². The Morgan fingerprint density at radius 1 is 1.11 bits per heavy atom. The Morgan fingerprint density at radius 3 is 2.56 bits per heavy atom. The number of nitrogens with zero attached hydrogens (tertiary/aromatic N) is 5. The minimum atomic E-state index is -1.10. The molecule has 1 aliphatic rings. The van der Waals surface area contributed by atoms with E-state index < -0.39 is 5.60 Å². The maximum absolute atomic E-state index is 13.3. The van der Waals surface area contributed by atoms with Gasteiger partial charge in [0.25, 0.3) is 5.56 Å². The van der Waals surface area contributed by atoms with Crippen molar-refractivity contribution in [1.29, 1.82) is 0 Å². The fraction of sp³-hybridized carbons (Fsp3) is 0.393. The summed E-state index contributed by atoms with van der Waals surface area (Å²) >= 11 is 0. The Bertz CT molecular complexity index is 1490. The predicted molar refractivity (Wildman–Crippen MR) is 143 cm³/mol. The summed E-state index contributed by atoms with van der Waals surface area (Å²) in [4.78, 5) is 24.9. The number of benzene rings is 1. The van der Waals surface area contributed by atoms with E-state index >= 15 is 0 Å². The number of hydrogen-bond donors (Lipinski definition) is 2. The van der Waals surface area contributed by atoms with Crippen molar-refractivity contribution >= 4 is 22.4 Å². The Morgan fingerprint density at radius 2 is 1.86 bits per heavy atom. The highest BCUT2D eigenvalue weighted by Gasteiger charge is 2.24. The Labute approximate surface area is 211 Å². The number of pyridine rings is 2. The number of anilines is 2. The van der Waals surface area contributed by atoms with Crippen LogP contribution in [-0.2, 0) is 18.4 Å². The lowest BCUT2D eigenvalue weighted by Crippen LogP contribution is -2.27. The van der Waals surface area contributed by atoms with Gasteiger partial charge >= 0.3 is 0 Å². The highest BCUT2D eigenvalue weighted by molar-refractivity contribution is 5.82. The molecule has 3 heterocycles. The monoisotopic (exact) mass is 486 g/mol. The van der Waals surface area contributed by atoms with Crippen molar-refractivity contribution in [2.75, 3.05) is 19.4 Å². The first kappa shape index (κ1) is 24.2. The van der Waals surface area contributed by atoms with Gasteiger partial charge in [-0.25, -0.2) is 19.3 Å². The molecule has 0 fully saturated rings. The molecule has 8 nitrogen and oxygen atoms in total. The summed E-state index contributed by atoms with van der Waals surface area (Å²) in [5.41, 5.74) is 3.74. The van der Waals surface area contributed by atoms with Crippen LogP contribution in [0.15, 0.2) is 53.5 Å². The summed E-state index contributed by atoms with van der Waals surface area (Å²) in [6.07, 6.45) is 3.73. The van der Waals surface area contributed by atoms with Crippen LogP contribution in [-0.4, -0.2) is 49.5 Å². The van der Waals surface area contributed by atoms with Crippen LogP contribution in [0.1, 0.15) is 50.6 Å². The average molecular weight is 487 g/mol. The molecule has 1 aromatic carbocycles. The molecule has 0 bridgehead atoms. The molecular formula is C28H34N6O2. The highest BCUT2D eigenvalue weighted by atomic mass is 16.3. The van der Waals surface area contributed by atoms with E-state index in [4.69, 9.17) is 4.98 Å². The van der Waals surface area contributed by atoms with E-state index in [0.29, 0.717) is 34.3 Å². The predicted octanol–water partition coefficient (Wildman–Crippen LogP) is 4.16. The normalized spacial score (nSPS) is 15.8. The van der Waals surface area contributed by atoms with Crippen LogP contribution in [0.4, 0.5) is 11.5 Å². The molecule has 36 heavy (non-hydrogen) atoms. The fourth-order valence-electron chi connectivity index (χ4n) is 4.95. The van der Waals surface area contributed by atoms with Crippen molar-refractivity contribution in [3.63, 3.8) is 0 Å². The SMILES string of the molecule is CC(C)n1c(=O)c2cnc(Nc3ccc4c(c3)CC(N(C)C)C4)cc2n1-c1cccc(C(C)(C)O)n1. The van der Waals surface area contributed by atoms with E-state index in [1.807, 2.05) is 36.7 Å². The first-order valence-electron chi connectivity index (χ1n) is 12.4. The van der Waals surface area contributed by atoms with Crippen molar-refractivity contribution in [2.45, 2.75) is 58.2 Å². The second kappa shape index (κ2) is 8.87. The van der Waals surface area contributed by atoms with Crippen LogP contribution < -0.4 is 10.9 Å². The molecule has 4 aromatic rings. The lowest BCUT2D eigenvalue weighted by molar-refractivity contribution is 0.0738. The molecule has 0 spiro atoms. The average Bonchev–Trinajstić information content (AvgIpc) is 3.37. The molecular weight excluding hydrogens is 452 g/mol. The summed E-state index contributed by atoms with van der Waals surface area (Å²) in [5.74, 6) is 1.22. The number of rotatable bonds is 6. The van der Waals surface area contributed by atoms with E-state index in [1.54, 1.807) is 30.8 Å². The Balaban J connectivity index is 1.58. The zero-order valence-electron chi connectivity index (χ0n) is 21.8. The summed E-state index contributed by atoms with van der Waals surface area (Å²) in [7, 11) is 4.26. The van der Waals surface area contributed by atoms with Crippen LogP contribution in [0, 0.1) is 0 Å². The molecule has 0 aliphatic heterocycles. The molecule has 2 N–H and O–H groups in total. The van der Waals surface area contributed by atoms with Gasteiger partial charge in [-0.1, -0.05) is 12.1 Å². The van der Waals surface area contributed by atoms with Gasteiger partial charge in [-0.2, -0.15) is 0 Å². The van der Waals surface area contributed by atoms with Gasteiger partial charge in [-0.05, 0) is 90.0 Å². The van der Waals surface area contributed by atoms with Crippen molar-refractivity contribution in [1.82, 2.24) is 24.2 Å². The standard InChI is InChI=1S/C28H34N6O2/c1-17(2)33-27(35)22-16-29-25(30-20-11-10-18-13-21(32(5)6)14-19(18)12-20)15-23(22)34(33)26-9-7-8-24(31-26)28(3,4)36/h7-12,15-17,21,36H,13-14H2,1-6H3,(H,29,30). The van der Waals surface area contributed by atoms with E-state index in [9.17, 15) is 9.90 Å². The van der Waals surface area contributed by atoms with Crippen LogP contribution in [0.2, 0.25) is 0 Å². The number of fused-ring (bicyclic) bond motifs is 2. The molecule has 0 radical (unpaired) electrons. The number of aromatic nitrogens is 4. The number of likely N-dealkylation sites (N-methyl/N-ethyl adjacent to an activating group) is 1. The van der Waals surface area contributed by atoms with E-state index in [2.05, 4.69) is 47.5 Å². The number of hydrogen-bond acceptors (Lipinski definition) is 6. The van der Waals surface area contributed by atoms with Crippen LogP contribution in [0.3, 0.4) is 0 Å². The molecule has 5 rings (SSSR count). The highest BCUT2D eigenvalue weighted by Crippen LogP contribution is 2.29. The Kier molecular flexibility index (Phi) is 5.97. The minimum Gasteiger partial charge on any atom is -0.384 e. The largest absolute Gasteiger partial charge is 0.384 e.